The Morgan fingerprint density at radius 1 is 1.45 bits per heavy atom. The maximum atomic E-state index is 11.2. The van der Waals surface area contributed by atoms with E-state index in [2.05, 4.69) is 10.1 Å². The second-order valence-electron chi connectivity index (χ2n) is 4.49. The summed E-state index contributed by atoms with van der Waals surface area (Å²) in [5.74, 6) is -0.626. The standard InChI is InChI=1S/C14H13N3O3/c1-3-10-9(7-17(2)16-10)13-15-11-6-4-5-8(14(18)19)12(11)20-13/h4-7H,3H2,1-2H3,(H,18,19). The van der Waals surface area contributed by atoms with E-state index in [9.17, 15) is 4.79 Å². The van der Waals surface area contributed by atoms with Crippen molar-refractivity contribution in [3.05, 3.63) is 35.7 Å². The quantitative estimate of drug-likeness (QED) is 0.791. The van der Waals surface area contributed by atoms with Crippen molar-refractivity contribution < 1.29 is 14.3 Å². The van der Waals surface area contributed by atoms with E-state index < -0.39 is 5.97 Å². The molecule has 0 spiro atoms. The fraction of sp³-hybridized carbons (Fsp3) is 0.214. The van der Waals surface area contributed by atoms with E-state index >= 15 is 0 Å². The number of carbonyl (C=O) groups is 1. The minimum Gasteiger partial charge on any atom is -0.478 e. The fourth-order valence-electron chi connectivity index (χ4n) is 2.21. The number of nitrogens with zero attached hydrogens (tertiary/aromatic N) is 3. The molecular formula is C14H13N3O3. The number of hydrogen-bond donors (Lipinski definition) is 1. The predicted molar refractivity (Wildman–Crippen MR) is 72.5 cm³/mol. The molecule has 1 N–H and O–H groups in total. The Hall–Kier alpha value is -2.63. The van der Waals surface area contributed by atoms with Crippen LogP contribution >= 0.6 is 0 Å². The number of aryl methyl sites for hydroxylation is 2. The molecule has 2 aromatic heterocycles. The molecule has 0 aliphatic carbocycles. The average Bonchev–Trinajstić information content (AvgIpc) is 3.00. The highest BCUT2D eigenvalue weighted by molar-refractivity contribution is 6.00. The lowest BCUT2D eigenvalue weighted by Crippen LogP contribution is -1.95. The second-order valence-corrected chi connectivity index (χ2v) is 4.49. The molecule has 2 heterocycles. The van der Waals surface area contributed by atoms with Gasteiger partial charge in [0.2, 0.25) is 5.89 Å². The molecule has 102 valence electrons. The summed E-state index contributed by atoms with van der Waals surface area (Å²) in [5.41, 5.74) is 2.60. The summed E-state index contributed by atoms with van der Waals surface area (Å²) in [4.78, 5) is 15.5. The summed E-state index contributed by atoms with van der Waals surface area (Å²) in [6.07, 6.45) is 2.57. The molecule has 0 atom stereocenters. The number of hydrogen-bond acceptors (Lipinski definition) is 4. The van der Waals surface area contributed by atoms with E-state index in [4.69, 9.17) is 9.52 Å². The molecule has 6 nitrogen and oxygen atoms in total. The molecule has 0 amide bonds. The summed E-state index contributed by atoms with van der Waals surface area (Å²) < 4.78 is 7.35. The van der Waals surface area contributed by atoms with E-state index in [1.807, 2.05) is 20.2 Å². The molecule has 1 aromatic carbocycles. The second kappa shape index (κ2) is 4.48. The van der Waals surface area contributed by atoms with Crippen LogP contribution in [0.15, 0.2) is 28.8 Å². The Kier molecular flexibility index (Phi) is 2.78. The van der Waals surface area contributed by atoms with E-state index in [-0.39, 0.29) is 5.56 Å². The van der Waals surface area contributed by atoms with Gasteiger partial charge in [0.25, 0.3) is 0 Å². The highest BCUT2D eigenvalue weighted by Crippen LogP contribution is 2.28. The zero-order valence-electron chi connectivity index (χ0n) is 11.1. The van der Waals surface area contributed by atoms with Gasteiger partial charge in [-0.05, 0) is 18.6 Å². The number of carboxylic acid groups (broad SMARTS) is 1. The van der Waals surface area contributed by atoms with Gasteiger partial charge in [-0.2, -0.15) is 5.10 Å². The molecule has 0 saturated heterocycles. The third-order valence-electron chi connectivity index (χ3n) is 3.12. The van der Waals surface area contributed by atoms with Gasteiger partial charge in [0.15, 0.2) is 5.58 Å². The predicted octanol–water partition coefficient (Wildman–Crippen LogP) is 2.49. The van der Waals surface area contributed by atoms with Crippen LogP contribution in [0.2, 0.25) is 0 Å². The van der Waals surface area contributed by atoms with Crippen LogP contribution in [0.1, 0.15) is 23.0 Å². The topological polar surface area (TPSA) is 81.2 Å². The van der Waals surface area contributed by atoms with Gasteiger partial charge in [-0.3, -0.25) is 4.68 Å². The van der Waals surface area contributed by atoms with Crippen LogP contribution < -0.4 is 0 Å². The van der Waals surface area contributed by atoms with Gasteiger partial charge in [-0.1, -0.05) is 13.0 Å². The third kappa shape index (κ3) is 1.85. The number of oxazole rings is 1. The molecule has 0 radical (unpaired) electrons. The Labute approximate surface area is 114 Å². The molecule has 0 bridgehead atoms. The molecular weight excluding hydrogens is 258 g/mol. The first-order valence-corrected chi connectivity index (χ1v) is 6.26. The number of fused-ring (bicyclic) bond motifs is 1. The van der Waals surface area contributed by atoms with Crippen LogP contribution in [0.5, 0.6) is 0 Å². The Morgan fingerprint density at radius 2 is 2.25 bits per heavy atom. The van der Waals surface area contributed by atoms with Crippen molar-refractivity contribution in [1.29, 1.82) is 0 Å². The lowest BCUT2D eigenvalue weighted by atomic mass is 10.2. The van der Waals surface area contributed by atoms with Crippen molar-refractivity contribution in [3.8, 4) is 11.5 Å². The van der Waals surface area contributed by atoms with Crippen molar-refractivity contribution >= 4 is 17.1 Å². The first kappa shape index (κ1) is 12.4. The van der Waals surface area contributed by atoms with Gasteiger partial charge in [-0.15, -0.1) is 0 Å². The van der Waals surface area contributed by atoms with Crippen molar-refractivity contribution in [2.45, 2.75) is 13.3 Å². The normalized spacial score (nSPS) is 11.1. The van der Waals surface area contributed by atoms with E-state index in [1.54, 1.807) is 16.8 Å². The summed E-state index contributed by atoms with van der Waals surface area (Å²) in [6.45, 7) is 2.00. The highest BCUT2D eigenvalue weighted by Gasteiger charge is 2.18. The van der Waals surface area contributed by atoms with Crippen molar-refractivity contribution in [2.75, 3.05) is 0 Å². The van der Waals surface area contributed by atoms with E-state index in [0.717, 1.165) is 17.7 Å². The molecule has 3 aromatic rings. The molecule has 3 rings (SSSR count). The molecule has 0 saturated carbocycles. The number of carboxylic acids is 1. The Morgan fingerprint density at radius 3 is 2.95 bits per heavy atom. The van der Waals surface area contributed by atoms with Crippen LogP contribution in [0.3, 0.4) is 0 Å². The fourth-order valence-corrected chi connectivity index (χ4v) is 2.21. The van der Waals surface area contributed by atoms with E-state index in [0.29, 0.717) is 17.0 Å². The van der Waals surface area contributed by atoms with Crippen LogP contribution in [-0.2, 0) is 13.5 Å². The largest absolute Gasteiger partial charge is 0.478 e. The minimum absolute atomic E-state index is 0.114. The van der Waals surface area contributed by atoms with Gasteiger partial charge in [0.05, 0.1) is 11.3 Å². The SMILES string of the molecule is CCc1nn(C)cc1-c1nc2cccc(C(=O)O)c2o1. The van der Waals surface area contributed by atoms with Gasteiger partial charge in [0.1, 0.15) is 11.1 Å². The molecule has 20 heavy (non-hydrogen) atoms. The van der Waals surface area contributed by atoms with Crippen molar-refractivity contribution in [2.24, 2.45) is 7.05 Å². The van der Waals surface area contributed by atoms with Crippen LogP contribution in [-0.4, -0.2) is 25.8 Å². The van der Waals surface area contributed by atoms with Gasteiger partial charge in [-0.25, -0.2) is 9.78 Å². The number of para-hydroxylation sites is 1. The van der Waals surface area contributed by atoms with Gasteiger partial charge >= 0.3 is 5.97 Å². The van der Waals surface area contributed by atoms with Crippen LogP contribution in [0.4, 0.5) is 0 Å². The molecule has 0 aliphatic heterocycles. The summed E-state index contributed by atoms with van der Waals surface area (Å²) >= 11 is 0. The first-order valence-electron chi connectivity index (χ1n) is 6.26. The van der Waals surface area contributed by atoms with Crippen molar-refractivity contribution in [1.82, 2.24) is 14.8 Å². The number of rotatable bonds is 3. The minimum atomic E-state index is -1.03. The molecule has 0 unspecified atom stereocenters. The third-order valence-corrected chi connectivity index (χ3v) is 3.12. The smallest absolute Gasteiger partial charge is 0.339 e. The van der Waals surface area contributed by atoms with Crippen molar-refractivity contribution in [3.63, 3.8) is 0 Å². The average molecular weight is 271 g/mol. The first-order chi connectivity index (χ1) is 9.60. The molecule has 0 aliphatic rings. The Bertz CT molecular complexity index is 801. The molecule has 6 heteroatoms. The monoisotopic (exact) mass is 271 g/mol. The molecule has 0 fully saturated rings. The lowest BCUT2D eigenvalue weighted by molar-refractivity contribution is 0.0698. The van der Waals surface area contributed by atoms with Crippen LogP contribution in [0, 0.1) is 0 Å². The number of benzene rings is 1. The van der Waals surface area contributed by atoms with E-state index in [1.165, 1.54) is 6.07 Å². The maximum Gasteiger partial charge on any atom is 0.339 e. The zero-order chi connectivity index (χ0) is 14.3. The summed E-state index contributed by atoms with van der Waals surface area (Å²) in [6, 6.07) is 4.89. The summed E-state index contributed by atoms with van der Waals surface area (Å²) in [7, 11) is 1.83. The van der Waals surface area contributed by atoms with Gasteiger partial charge < -0.3 is 9.52 Å². The zero-order valence-corrected chi connectivity index (χ0v) is 11.1. The highest BCUT2D eigenvalue weighted by atomic mass is 16.4. The number of aromatic nitrogens is 3. The van der Waals surface area contributed by atoms with Gasteiger partial charge in [0, 0.05) is 13.2 Å². The maximum absolute atomic E-state index is 11.2. The lowest BCUT2D eigenvalue weighted by Gasteiger charge is -1.94. The number of aromatic carboxylic acids is 1. The van der Waals surface area contributed by atoms with Crippen LogP contribution in [0.25, 0.3) is 22.6 Å². The summed E-state index contributed by atoms with van der Waals surface area (Å²) in [5, 5.41) is 13.5. The Balaban J connectivity index is 2.23.